The summed E-state index contributed by atoms with van der Waals surface area (Å²) in [5.41, 5.74) is 2.08. The molecular formula is C16H19BrO. The molecule has 0 radical (unpaired) electrons. The second kappa shape index (κ2) is 3.40. The van der Waals surface area contributed by atoms with Crippen molar-refractivity contribution in [3.05, 3.63) is 35.9 Å². The molecule has 0 aromatic heterocycles. The number of epoxide rings is 1. The van der Waals surface area contributed by atoms with Crippen molar-refractivity contribution in [2.45, 2.75) is 49.2 Å². The van der Waals surface area contributed by atoms with E-state index in [2.05, 4.69) is 53.2 Å². The molecule has 1 nitrogen and oxygen atoms in total. The van der Waals surface area contributed by atoms with Gasteiger partial charge in [-0.15, -0.1) is 0 Å². The van der Waals surface area contributed by atoms with Gasteiger partial charge in [0.2, 0.25) is 0 Å². The zero-order chi connectivity index (χ0) is 12.4. The lowest BCUT2D eigenvalue weighted by Gasteiger charge is -2.34. The number of alkyl halides is 1. The molecule has 2 bridgehead atoms. The predicted molar refractivity (Wildman–Crippen MR) is 76.1 cm³/mol. The summed E-state index contributed by atoms with van der Waals surface area (Å²) in [4.78, 5) is 0. The van der Waals surface area contributed by atoms with Crippen LogP contribution in [0.1, 0.15) is 38.2 Å². The van der Waals surface area contributed by atoms with Crippen LogP contribution >= 0.6 is 15.9 Å². The van der Waals surface area contributed by atoms with Gasteiger partial charge in [-0.1, -0.05) is 46.3 Å². The van der Waals surface area contributed by atoms with Crippen molar-refractivity contribution in [3.63, 3.8) is 0 Å². The maximum atomic E-state index is 6.38. The molecule has 18 heavy (non-hydrogen) atoms. The molecule has 0 N–H and O–H groups in total. The maximum absolute atomic E-state index is 6.38. The Hall–Kier alpha value is -0.340. The minimum Gasteiger partial charge on any atom is -0.362 e. The van der Waals surface area contributed by atoms with Gasteiger partial charge in [-0.05, 0) is 44.1 Å². The number of halogens is 1. The summed E-state index contributed by atoms with van der Waals surface area (Å²) >= 11 is 3.61. The van der Waals surface area contributed by atoms with Crippen molar-refractivity contribution in [2.24, 2.45) is 5.92 Å². The molecule has 1 aromatic rings. The molecule has 3 aliphatic rings. The van der Waals surface area contributed by atoms with Gasteiger partial charge in [0.15, 0.2) is 0 Å². The fourth-order valence-electron chi connectivity index (χ4n) is 5.12. The first kappa shape index (κ1) is 11.5. The summed E-state index contributed by atoms with van der Waals surface area (Å²) in [7, 11) is 0. The first-order valence-electron chi connectivity index (χ1n) is 7.00. The normalized spacial score (nSPS) is 48.2. The quantitative estimate of drug-likeness (QED) is 0.606. The lowest BCUT2D eigenvalue weighted by molar-refractivity contribution is 0.151. The second-order valence-electron chi connectivity index (χ2n) is 6.35. The second-order valence-corrected chi connectivity index (χ2v) is 7.14. The van der Waals surface area contributed by atoms with E-state index < -0.39 is 0 Å². The number of benzene rings is 1. The van der Waals surface area contributed by atoms with E-state index in [4.69, 9.17) is 4.74 Å². The minimum absolute atomic E-state index is 0.0953. The van der Waals surface area contributed by atoms with Crippen LogP contribution in [0, 0.1) is 5.92 Å². The topological polar surface area (TPSA) is 12.5 Å². The SMILES string of the molecule is C[C@]12O[C@@]1(CCBr)[C@@H]1CC[C@@]2(c2ccccc2)C1. The smallest absolute Gasteiger partial charge is 0.105 e. The molecular weight excluding hydrogens is 288 g/mol. The molecule has 2 saturated carbocycles. The number of hydrogen-bond donors (Lipinski definition) is 0. The molecule has 1 heterocycles. The monoisotopic (exact) mass is 306 g/mol. The van der Waals surface area contributed by atoms with E-state index >= 15 is 0 Å². The van der Waals surface area contributed by atoms with E-state index in [0.717, 1.165) is 11.2 Å². The molecule has 4 rings (SSSR count). The summed E-state index contributed by atoms with van der Waals surface area (Å²) < 4.78 is 6.38. The molecule has 1 aromatic carbocycles. The Balaban J connectivity index is 1.81. The molecule has 1 aliphatic heterocycles. The van der Waals surface area contributed by atoms with Crippen LogP contribution in [0.5, 0.6) is 0 Å². The molecule has 2 heteroatoms. The molecule has 4 atom stereocenters. The standard InChI is InChI=1S/C16H19BrO/c1-14-15(12-5-3-2-4-6-12)8-7-13(11-15)16(14,18-14)9-10-17/h2-6,13H,7-11H2,1H3/t13-,14-,15+,16+/m1/s1. The summed E-state index contributed by atoms with van der Waals surface area (Å²) in [6.45, 7) is 2.36. The Morgan fingerprint density at radius 3 is 2.83 bits per heavy atom. The lowest BCUT2D eigenvalue weighted by Crippen LogP contribution is -2.41. The van der Waals surface area contributed by atoms with Gasteiger partial charge in [0.25, 0.3) is 0 Å². The molecule has 96 valence electrons. The van der Waals surface area contributed by atoms with E-state index in [0.29, 0.717) is 5.41 Å². The Morgan fingerprint density at radius 2 is 2.11 bits per heavy atom. The minimum atomic E-state index is 0.0953. The zero-order valence-corrected chi connectivity index (χ0v) is 12.4. The van der Waals surface area contributed by atoms with Crippen molar-refractivity contribution in [3.8, 4) is 0 Å². The van der Waals surface area contributed by atoms with Gasteiger partial charge < -0.3 is 4.74 Å². The Labute approximate surface area is 117 Å². The van der Waals surface area contributed by atoms with Gasteiger partial charge in [0.1, 0.15) is 11.2 Å². The van der Waals surface area contributed by atoms with Crippen LogP contribution in [0.3, 0.4) is 0 Å². The highest BCUT2D eigenvalue weighted by atomic mass is 79.9. The molecule has 0 amide bonds. The Bertz CT molecular complexity index is 487. The van der Waals surface area contributed by atoms with Crippen LogP contribution in [0.25, 0.3) is 0 Å². The van der Waals surface area contributed by atoms with Crippen LogP contribution < -0.4 is 0 Å². The summed E-state index contributed by atoms with van der Waals surface area (Å²) in [6.07, 6.45) is 5.16. The van der Waals surface area contributed by atoms with Gasteiger partial charge in [-0.3, -0.25) is 0 Å². The Kier molecular flexibility index (Phi) is 2.17. The molecule has 0 unspecified atom stereocenters. The van der Waals surface area contributed by atoms with Crippen LogP contribution in [0.4, 0.5) is 0 Å². The van der Waals surface area contributed by atoms with Crippen LogP contribution in [-0.2, 0) is 10.2 Å². The van der Waals surface area contributed by atoms with Gasteiger partial charge >= 0.3 is 0 Å². The Morgan fingerprint density at radius 1 is 1.33 bits per heavy atom. The highest BCUT2D eigenvalue weighted by Crippen LogP contribution is 2.78. The third-order valence-corrected chi connectivity index (χ3v) is 6.43. The van der Waals surface area contributed by atoms with E-state index in [1.54, 1.807) is 0 Å². The van der Waals surface area contributed by atoms with Gasteiger partial charge in [0, 0.05) is 10.7 Å². The first-order chi connectivity index (χ1) is 8.69. The van der Waals surface area contributed by atoms with Crippen LogP contribution in [0.2, 0.25) is 0 Å². The number of fused-ring (bicyclic) bond motifs is 5. The predicted octanol–water partition coefficient (Wildman–Crippen LogP) is 4.05. The van der Waals surface area contributed by atoms with Crippen molar-refractivity contribution in [2.75, 3.05) is 5.33 Å². The largest absolute Gasteiger partial charge is 0.362 e. The average Bonchev–Trinajstić information content (AvgIpc) is 2.77. The van der Waals surface area contributed by atoms with Crippen molar-refractivity contribution >= 4 is 15.9 Å². The van der Waals surface area contributed by atoms with Gasteiger partial charge in [0.05, 0.1) is 0 Å². The zero-order valence-electron chi connectivity index (χ0n) is 10.8. The van der Waals surface area contributed by atoms with Crippen molar-refractivity contribution < 1.29 is 4.74 Å². The molecule has 3 fully saturated rings. The fourth-order valence-corrected chi connectivity index (χ4v) is 5.71. The number of hydrogen-bond acceptors (Lipinski definition) is 1. The highest BCUT2D eigenvalue weighted by molar-refractivity contribution is 9.09. The first-order valence-corrected chi connectivity index (χ1v) is 8.12. The highest BCUT2D eigenvalue weighted by Gasteiger charge is 2.85. The summed E-state index contributed by atoms with van der Waals surface area (Å²) in [5.74, 6) is 0.778. The van der Waals surface area contributed by atoms with Crippen molar-refractivity contribution in [1.29, 1.82) is 0 Å². The third kappa shape index (κ3) is 1.05. The van der Waals surface area contributed by atoms with Crippen molar-refractivity contribution in [1.82, 2.24) is 0 Å². The average molecular weight is 307 g/mol. The van der Waals surface area contributed by atoms with E-state index in [1.807, 2.05) is 0 Å². The maximum Gasteiger partial charge on any atom is 0.105 e. The van der Waals surface area contributed by atoms with Crippen LogP contribution in [0.15, 0.2) is 30.3 Å². The summed E-state index contributed by atoms with van der Waals surface area (Å²) in [5, 5.41) is 1.06. The van der Waals surface area contributed by atoms with E-state index in [9.17, 15) is 0 Å². The van der Waals surface area contributed by atoms with E-state index in [-0.39, 0.29) is 11.2 Å². The van der Waals surface area contributed by atoms with Crippen LogP contribution in [-0.4, -0.2) is 16.5 Å². The van der Waals surface area contributed by atoms with E-state index in [1.165, 1.54) is 31.2 Å². The molecule has 2 aliphatic carbocycles. The van der Waals surface area contributed by atoms with Gasteiger partial charge in [-0.25, -0.2) is 0 Å². The summed E-state index contributed by atoms with van der Waals surface area (Å²) in [6, 6.07) is 11.1. The fraction of sp³-hybridized carbons (Fsp3) is 0.625. The third-order valence-electron chi connectivity index (χ3n) is 6.03. The number of ether oxygens (including phenoxy) is 1. The molecule has 0 spiro atoms. The number of rotatable bonds is 3. The van der Waals surface area contributed by atoms with Gasteiger partial charge in [-0.2, -0.15) is 0 Å². The molecule has 1 saturated heterocycles. The lowest BCUT2D eigenvalue weighted by atomic mass is 9.67.